The van der Waals surface area contributed by atoms with Crippen LogP contribution >= 0.6 is 0 Å². The van der Waals surface area contributed by atoms with Crippen molar-refractivity contribution in [1.82, 2.24) is 20.5 Å². The number of carbonyl (C=O) groups excluding carboxylic acids is 3. The number of ether oxygens (including phenoxy) is 1. The maximum atomic E-state index is 13.7. The number of benzene rings is 1. The predicted octanol–water partition coefficient (Wildman–Crippen LogP) is 3.41. The Labute approximate surface area is 224 Å². The lowest BCUT2D eigenvalue weighted by molar-refractivity contribution is -0.128. The Morgan fingerprint density at radius 1 is 1.26 bits per heavy atom. The predicted molar refractivity (Wildman–Crippen MR) is 145 cm³/mol. The van der Waals surface area contributed by atoms with Crippen LogP contribution in [0, 0.1) is 29.1 Å². The van der Waals surface area contributed by atoms with Gasteiger partial charge in [0.25, 0.3) is 0 Å². The van der Waals surface area contributed by atoms with Crippen molar-refractivity contribution in [2.45, 2.75) is 64.5 Å². The average molecular weight is 522 g/mol. The van der Waals surface area contributed by atoms with E-state index in [9.17, 15) is 19.6 Å². The van der Waals surface area contributed by atoms with E-state index in [4.69, 9.17) is 4.74 Å². The van der Waals surface area contributed by atoms with Crippen LogP contribution < -0.4 is 15.4 Å². The molecule has 4 rings (SSSR count). The molecule has 0 spiro atoms. The van der Waals surface area contributed by atoms with Crippen LogP contribution in [0.3, 0.4) is 0 Å². The number of hydrogen-bond donors (Lipinski definition) is 3. The third-order valence-electron chi connectivity index (χ3n) is 7.78. The Morgan fingerprint density at radius 2 is 2.03 bits per heavy atom. The number of carbonyl (C=O) groups is 3. The van der Waals surface area contributed by atoms with Crippen molar-refractivity contribution in [2.75, 3.05) is 26.7 Å². The molecule has 2 saturated heterocycles. The van der Waals surface area contributed by atoms with Crippen LogP contribution in [0.2, 0.25) is 0 Å². The normalized spacial score (nSPS) is 20.2. The highest BCUT2D eigenvalue weighted by Gasteiger charge is 2.37. The lowest BCUT2D eigenvalue weighted by atomic mass is 9.89. The van der Waals surface area contributed by atoms with Crippen LogP contribution in [0.4, 0.5) is 0 Å². The van der Waals surface area contributed by atoms with E-state index in [1.807, 2.05) is 32.0 Å². The summed E-state index contributed by atoms with van der Waals surface area (Å²) in [6.07, 6.45) is 3.73. The Balaban J connectivity index is 1.53. The molecule has 3 N–H and O–H groups in total. The molecule has 0 saturated carbocycles. The van der Waals surface area contributed by atoms with Crippen LogP contribution in [-0.4, -0.2) is 66.3 Å². The summed E-state index contributed by atoms with van der Waals surface area (Å²) in [6.45, 7) is 6.28. The van der Waals surface area contributed by atoms with Gasteiger partial charge in [-0.05, 0) is 69.3 Å². The Bertz CT molecular complexity index is 1190. The fourth-order valence-corrected chi connectivity index (χ4v) is 5.83. The molecular formula is C29H39N5O4. The summed E-state index contributed by atoms with van der Waals surface area (Å²) in [5, 5.41) is 16.9. The number of fused-ring (bicyclic) bond motifs is 1. The van der Waals surface area contributed by atoms with Gasteiger partial charge in [-0.2, -0.15) is 5.26 Å². The van der Waals surface area contributed by atoms with E-state index < -0.39 is 18.0 Å². The van der Waals surface area contributed by atoms with Gasteiger partial charge in [0, 0.05) is 35.7 Å². The van der Waals surface area contributed by atoms with E-state index in [1.165, 1.54) is 0 Å². The molecule has 2 aliphatic heterocycles. The summed E-state index contributed by atoms with van der Waals surface area (Å²) in [7, 11) is 1.59. The number of ketones is 1. The van der Waals surface area contributed by atoms with Crippen LogP contribution in [0.1, 0.15) is 62.9 Å². The fraction of sp³-hybridized carbons (Fsp3) is 0.586. The third kappa shape index (κ3) is 6.36. The molecule has 1 aromatic heterocycles. The lowest BCUT2D eigenvalue weighted by Crippen LogP contribution is -2.53. The summed E-state index contributed by atoms with van der Waals surface area (Å²) in [5.41, 5.74) is 1.24. The van der Waals surface area contributed by atoms with Crippen molar-refractivity contribution in [3.05, 3.63) is 30.0 Å². The summed E-state index contributed by atoms with van der Waals surface area (Å²) in [6, 6.07) is 8.78. The first kappa shape index (κ1) is 27.6. The number of Topliss-reactive ketones (excluding diaryl/α,β-unsaturated/α-hetero) is 1. The van der Waals surface area contributed by atoms with Gasteiger partial charge in [0.05, 0.1) is 24.9 Å². The van der Waals surface area contributed by atoms with Crippen molar-refractivity contribution >= 4 is 28.5 Å². The van der Waals surface area contributed by atoms with E-state index in [2.05, 4.69) is 26.6 Å². The monoisotopic (exact) mass is 521 g/mol. The quantitative estimate of drug-likeness (QED) is 0.367. The zero-order valence-corrected chi connectivity index (χ0v) is 22.6. The Hall–Kier alpha value is -3.38. The smallest absolute Gasteiger partial charge is 0.223 e. The SMILES string of the molecule is COc1cccc2[nH]c(C(=O)C[C@@H](CC(C)C)C(=O)N[C@@H](C[C@@H]3CCNC3=O)C(C#N)N3CCCC3)cc12. The van der Waals surface area contributed by atoms with Crippen molar-refractivity contribution in [3.8, 4) is 11.8 Å². The molecule has 204 valence electrons. The van der Waals surface area contributed by atoms with Crippen LogP contribution in [0.5, 0.6) is 5.75 Å². The van der Waals surface area contributed by atoms with E-state index in [1.54, 1.807) is 13.2 Å². The molecule has 4 atom stereocenters. The zero-order valence-electron chi connectivity index (χ0n) is 22.6. The molecule has 1 unspecified atom stereocenters. The zero-order chi connectivity index (χ0) is 27.2. The number of hydrogen-bond acceptors (Lipinski definition) is 6. The van der Waals surface area contributed by atoms with Crippen molar-refractivity contribution in [2.24, 2.45) is 17.8 Å². The van der Waals surface area contributed by atoms with Gasteiger partial charge < -0.3 is 20.4 Å². The highest BCUT2D eigenvalue weighted by atomic mass is 16.5. The van der Waals surface area contributed by atoms with Gasteiger partial charge >= 0.3 is 0 Å². The van der Waals surface area contributed by atoms with Gasteiger partial charge in [-0.15, -0.1) is 0 Å². The lowest BCUT2D eigenvalue weighted by Gasteiger charge is -2.32. The van der Waals surface area contributed by atoms with Gasteiger partial charge in [0.15, 0.2) is 5.78 Å². The number of nitrogens with zero attached hydrogens (tertiary/aromatic N) is 2. The van der Waals surface area contributed by atoms with E-state index in [0.29, 0.717) is 37.3 Å². The molecule has 2 fully saturated rings. The highest BCUT2D eigenvalue weighted by Crippen LogP contribution is 2.28. The molecule has 1 aromatic carbocycles. The summed E-state index contributed by atoms with van der Waals surface area (Å²) in [5.74, 6) is -0.302. The molecule has 0 bridgehead atoms. The average Bonchev–Trinajstić information content (AvgIpc) is 3.65. The molecule has 38 heavy (non-hydrogen) atoms. The number of rotatable bonds is 12. The molecule has 9 nitrogen and oxygen atoms in total. The number of likely N-dealkylation sites (tertiary alicyclic amines) is 1. The standard InChI is InChI=1S/C29H39N5O4/c1-18(2)13-20(15-26(35)24-16-21-22(32-24)7-6-8-27(21)38-3)29(37)33-23(14-19-9-10-31-28(19)36)25(17-30)34-11-4-5-12-34/h6-8,16,18-20,23,25,32H,4-5,9-15H2,1-3H3,(H,31,36)(H,33,37)/t19-,20+,23-,25?/m0/s1. The largest absolute Gasteiger partial charge is 0.496 e. The molecule has 2 amide bonds. The van der Waals surface area contributed by atoms with Crippen molar-refractivity contribution in [3.63, 3.8) is 0 Å². The number of amides is 2. The Kier molecular flexibility index (Phi) is 9.05. The first-order chi connectivity index (χ1) is 18.3. The van der Waals surface area contributed by atoms with Gasteiger partial charge in [0.1, 0.15) is 11.8 Å². The van der Waals surface area contributed by atoms with Crippen LogP contribution in [-0.2, 0) is 9.59 Å². The van der Waals surface area contributed by atoms with E-state index in [0.717, 1.165) is 36.8 Å². The number of aromatic nitrogens is 1. The maximum absolute atomic E-state index is 13.7. The second kappa shape index (κ2) is 12.4. The van der Waals surface area contributed by atoms with Crippen LogP contribution in [0.25, 0.3) is 10.9 Å². The number of methoxy groups -OCH3 is 1. The number of nitrogens with one attached hydrogen (secondary N) is 3. The molecule has 0 aliphatic carbocycles. The van der Waals surface area contributed by atoms with Gasteiger partial charge in [0.2, 0.25) is 11.8 Å². The van der Waals surface area contributed by atoms with E-state index >= 15 is 0 Å². The molecule has 2 aliphatic rings. The molecule has 9 heteroatoms. The van der Waals surface area contributed by atoms with Gasteiger partial charge in [-0.3, -0.25) is 19.3 Å². The second-order valence-corrected chi connectivity index (χ2v) is 11.0. The van der Waals surface area contributed by atoms with Gasteiger partial charge in [-0.25, -0.2) is 0 Å². The number of nitriles is 1. The summed E-state index contributed by atoms with van der Waals surface area (Å²) < 4.78 is 5.42. The number of H-pyrrole nitrogens is 1. The second-order valence-electron chi connectivity index (χ2n) is 11.0. The Morgan fingerprint density at radius 3 is 2.66 bits per heavy atom. The minimum Gasteiger partial charge on any atom is -0.496 e. The highest BCUT2D eigenvalue weighted by molar-refractivity contribution is 6.02. The van der Waals surface area contributed by atoms with E-state index in [-0.39, 0.29) is 35.9 Å². The summed E-state index contributed by atoms with van der Waals surface area (Å²) in [4.78, 5) is 44.7. The fourth-order valence-electron chi connectivity index (χ4n) is 5.83. The van der Waals surface area contributed by atoms with Gasteiger partial charge in [-0.1, -0.05) is 19.9 Å². The summed E-state index contributed by atoms with van der Waals surface area (Å²) >= 11 is 0. The van der Waals surface area contributed by atoms with Crippen molar-refractivity contribution < 1.29 is 19.1 Å². The minimum absolute atomic E-state index is 0.0227. The van der Waals surface area contributed by atoms with Crippen LogP contribution in [0.15, 0.2) is 24.3 Å². The first-order valence-corrected chi connectivity index (χ1v) is 13.7. The maximum Gasteiger partial charge on any atom is 0.223 e. The third-order valence-corrected chi connectivity index (χ3v) is 7.78. The molecule has 3 heterocycles. The number of aromatic amines is 1. The molecule has 0 radical (unpaired) electrons. The molecular weight excluding hydrogens is 482 g/mol. The topological polar surface area (TPSA) is 127 Å². The molecule has 2 aromatic rings. The van der Waals surface area contributed by atoms with Crippen molar-refractivity contribution in [1.29, 1.82) is 5.26 Å². The minimum atomic E-state index is -0.548. The first-order valence-electron chi connectivity index (χ1n) is 13.7.